The zero-order valence-corrected chi connectivity index (χ0v) is 11.7. The molecule has 1 aromatic rings. The van der Waals surface area contributed by atoms with Gasteiger partial charge in [-0.05, 0) is 31.0 Å². The average Bonchev–Trinajstić information content (AvgIpc) is 3.05. The summed E-state index contributed by atoms with van der Waals surface area (Å²) < 4.78 is 0. The summed E-state index contributed by atoms with van der Waals surface area (Å²) in [7, 11) is 0. The van der Waals surface area contributed by atoms with Crippen LogP contribution in [-0.2, 0) is 4.79 Å². The van der Waals surface area contributed by atoms with Crippen molar-refractivity contribution in [3.05, 3.63) is 29.8 Å². The molecule has 0 saturated carbocycles. The van der Waals surface area contributed by atoms with Crippen molar-refractivity contribution in [3.63, 3.8) is 0 Å². The van der Waals surface area contributed by atoms with Gasteiger partial charge >= 0.3 is 0 Å². The lowest BCUT2D eigenvalue weighted by atomic mass is 10.1. The van der Waals surface area contributed by atoms with Crippen LogP contribution in [0.4, 0.5) is 5.69 Å². The highest BCUT2D eigenvalue weighted by molar-refractivity contribution is 5.79. The number of rotatable bonds is 2. The number of carbonyl (C=O) groups is 1. The minimum atomic E-state index is -0.115. The van der Waals surface area contributed by atoms with Gasteiger partial charge in [0.25, 0.3) is 0 Å². The minimum Gasteiger partial charge on any atom is -0.369 e. The van der Waals surface area contributed by atoms with Crippen LogP contribution in [0.25, 0.3) is 0 Å². The highest BCUT2D eigenvalue weighted by Crippen LogP contribution is 2.27. The van der Waals surface area contributed by atoms with Crippen LogP contribution in [0.3, 0.4) is 0 Å². The van der Waals surface area contributed by atoms with Crippen molar-refractivity contribution in [3.8, 4) is 6.07 Å². The molecular formula is C16H19N3O. The van der Waals surface area contributed by atoms with Gasteiger partial charge in [-0.25, -0.2) is 0 Å². The lowest BCUT2D eigenvalue weighted by Crippen LogP contribution is -2.38. The molecule has 2 fully saturated rings. The summed E-state index contributed by atoms with van der Waals surface area (Å²) in [6.45, 7) is 4.57. The van der Waals surface area contributed by atoms with Crippen LogP contribution in [0, 0.1) is 24.2 Å². The normalized spacial score (nSPS) is 26.1. The van der Waals surface area contributed by atoms with Crippen molar-refractivity contribution in [2.75, 3.05) is 24.5 Å². The van der Waals surface area contributed by atoms with Crippen molar-refractivity contribution >= 4 is 11.6 Å². The first kappa shape index (κ1) is 13.0. The molecule has 1 aromatic carbocycles. The summed E-state index contributed by atoms with van der Waals surface area (Å²) in [6.07, 6.45) is 1.40. The molecule has 4 heteroatoms. The number of benzene rings is 1. The standard InChI is InChI=1S/C16H19N3O/c1-12-3-2-4-14(7-12)18-6-5-15(11-18)19-10-13(9-17)8-16(19)20/h2-4,7,13,15H,5-6,8,10-11H2,1H3. The second-order valence-electron chi connectivity index (χ2n) is 5.80. The molecule has 104 valence electrons. The van der Waals surface area contributed by atoms with Gasteiger partial charge in [0.2, 0.25) is 5.91 Å². The van der Waals surface area contributed by atoms with E-state index in [4.69, 9.17) is 5.26 Å². The van der Waals surface area contributed by atoms with Crippen LogP contribution < -0.4 is 4.90 Å². The largest absolute Gasteiger partial charge is 0.369 e. The van der Waals surface area contributed by atoms with Crippen molar-refractivity contribution in [1.29, 1.82) is 5.26 Å². The van der Waals surface area contributed by atoms with Crippen LogP contribution in [0.5, 0.6) is 0 Å². The zero-order valence-electron chi connectivity index (χ0n) is 11.7. The number of hydrogen-bond donors (Lipinski definition) is 0. The van der Waals surface area contributed by atoms with Gasteiger partial charge in [0.1, 0.15) is 0 Å². The number of nitriles is 1. The Labute approximate surface area is 119 Å². The van der Waals surface area contributed by atoms with Crippen LogP contribution >= 0.6 is 0 Å². The van der Waals surface area contributed by atoms with E-state index in [-0.39, 0.29) is 17.9 Å². The Morgan fingerprint density at radius 2 is 2.20 bits per heavy atom. The van der Waals surface area contributed by atoms with Crippen molar-refractivity contribution in [1.82, 2.24) is 4.90 Å². The van der Waals surface area contributed by atoms with E-state index in [0.717, 1.165) is 19.5 Å². The molecule has 1 amide bonds. The van der Waals surface area contributed by atoms with Gasteiger partial charge in [0.15, 0.2) is 0 Å². The zero-order chi connectivity index (χ0) is 14.1. The van der Waals surface area contributed by atoms with Crippen molar-refractivity contribution in [2.24, 2.45) is 5.92 Å². The Morgan fingerprint density at radius 1 is 1.35 bits per heavy atom. The maximum atomic E-state index is 12.0. The molecule has 2 atom stereocenters. The Morgan fingerprint density at radius 3 is 2.90 bits per heavy atom. The Bertz CT molecular complexity index is 563. The van der Waals surface area contributed by atoms with E-state index in [0.29, 0.717) is 13.0 Å². The number of aryl methyl sites for hydroxylation is 1. The summed E-state index contributed by atoms with van der Waals surface area (Å²) in [5.74, 6) is 0.0307. The number of carbonyl (C=O) groups excluding carboxylic acids is 1. The highest BCUT2D eigenvalue weighted by atomic mass is 16.2. The SMILES string of the molecule is Cc1cccc(N2CCC(N3CC(C#N)CC3=O)C2)c1. The molecule has 0 aromatic heterocycles. The fraction of sp³-hybridized carbons (Fsp3) is 0.500. The van der Waals surface area contributed by atoms with Gasteiger partial charge in [-0.2, -0.15) is 5.26 Å². The van der Waals surface area contributed by atoms with Crippen LogP contribution in [0.2, 0.25) is 0 Å². The quantitative estimate of drug-likeness (QED) is 0.824. The van der Waals surface area contributed by atoms with Gasteiger partial charge in [-0.1, -0.05) is 12.1 Å². The molecular weight excluding hydrogens is 250 g/mol. The molecule has 2 unspecified atom stereocenters. The van der Waals surface area contributed by atoms with E-state index >= 15 is 0 Å². The van der Waals surface area contributed by atoms with Gasteiger partial charge < -0.3 is 9.80 Å². The molecule has 0 spiro atoms. The van der Waals surface area contributed by atoms with Gasteiger partial charge in [0.05, 0.1) is 18.0 Å². The molecule has 2 aliphatic heterocycles. The van der Waals surface area contributed by atoms with E-state index in [9.17, 15) is 4.79 Å². The first-order valence-electron chi connectivity index (χ1n) is 7.18. The second-order valence-corrected chi connectivity index (χ2v) is 5.80. The van der Waals surface area contributed by atoms with Crippen LogP contribution in [0.1, 0.15) is 18.4 Å². The highest BCUT2D eigenvalue weighted by Gasteiger charge is 2.37. The number of hydrogen-bond acceptors (Lipinski definition) is 3. The molecule has 3 rings (SSSR count). The van der Waals surface area contributed by atoms with Gasteiger partial charge in [0, 0.05) is 31.7 Å². The topological polar surface area (TPSA) is 47.3 Å². The summed E-state index contributed by atoms with van der Waals surface area (Å²) in [4.78, 5) is 16.2. The van der Waals surface area contributed by atoms with E-state index in [1.807, 2.05) is 4.90 Å². The fourth-order valence-electron chi connectivity index (χ4n) is 3.23. The Balaban J connectivity index is 1.68. The Hall–Kier alpha value is -2.02. The predicted molar refractivity (Wildman–Crippen MR) is 77.2 cm³/mol. The molecule has 4 nitrogen and oxygen atoms in total. The molecule has 0 N–H and O–H groups in total. The Kier molecular flexibility index (Phi) is 3.35. The summed E-state index contributed by atoms with van der Waals surface area (Å²) >= 11 is 0. The van der Waals surface area contributed by atoms with Crippen LogP contribution in [-0.4, -0.2) is 36.5 Å². The molecule has 20 heavy (non-hydrogen) atoms. The number of nitrogens with zero attached hydrogens (tertiary/aromatic N) is 3. The van der Waals surface area contributed by atoms with Gasteiger partial charge in [-0.3, -0.25) is 4.79 Å². The molecule has 0 aliphatic carbocycles. The molecule has 0 radical (unpaired) electrons. The molecule has 2 aliphatic rings. The number of anilines is 1. The summed E-state index contributed by atoms with van der Waals surface area (Å²) in [5, 5.41) is 8.97. The van der Waals surface area contributed by atoms with E-state index < -0.39 is 0 Å². The third-order valence-corrected chi connectivity index (χ3v) is 4.31. The number of amides is 1. The predicted octanol–water partition coefficient (Wildman–Crippen LogP) is 1.95. The van der Waals surface area contributed by atoms with Crippen molar-refractivity contribution < 1.29 is 4.79 Å². The first-order chi connectivity index (χ1) is 9.67. The monoisotopic (exact) mass is 269 g/mol. The first-order valence-corrected chi connectivity index (χ1v) is 7.18. The summed E-state index contributed by atoms with van der Waals surface area (Å²) in [5.41, 5.74) is 2.49. The fourth-order valence-corrected chi connectivity index (χ4v) is 3.23. The molecule has 2 saturated heterocycles. The third-order valence-electron chi connectivity index (χ3n) is 4.31. The van der Waals surface area contributed by atoms with E-state index in [2.05, 4.69) is 42.2 Å². The lowest BCUT2D eigenvalue weighted by molar-refractivity contribution is -0.129. The van der Waals surface area contributed by atoms with E-state index in [1.165, 1.54) is 11.3 Å². The second kappa shape index (κ2) is 5.16. The minimum absolute atomic E-state index is 0.115. The van der Waals surface area contributed by atoms with E-state index in [1.54, 1.807) is 0 Å². The maximum Gasteiger partial charge on any atom is 0.224 e. The smallest absolute Gasteiger partial charge is 0.224 e. The molecule has 2 heterocycles. The maximum absolute atomic E-state index is 12.0. The number of likely N-dealkylation sites (tertiary alicyclic amines) is 1. The third kappa shape index (κ3) is 2.36. The van der Waals surface area contributed by atoms with Crippen molar-refractivity contribution in [2.45, 2.75) is 25.8 Å². The van der Waals surface area contributed by atoms with Crippen LogP contribution in [0.15, 0.2) is 24.3 Å². The molecule has 0 bridgehead atoms. The lowest BCUT2D eigenvalue weighted by Gasteiger charge is -2.25. The average molecular weight is 269 g/mol. The summed E-state index contributed by atoms with van der Waals surface area (Å²) in [6, 6.07) is 11.0. The van der Waals surface area contributed by atoms with Gasteiger partial charge in [-0.15, -0.1) is 0 Å².